The van der Waals surface area contributed by atoms with Gasteiger partial charge < -0.3 is 19.5 Å². The number of ether oxygens (including phenoxy) is 3. The summed E-state index contributed by atoms with van der Waals surface area (Å²) in [6.45, 7) is 0.0505. The summed E-state index contributed by atoms with van der Waals surface area (Å²) >= 11 is 0. The normalized spacial score (nSPS) is 10.9. The molecule has 3 aromatic rings. The van der Waals surface area contributed by atoms with Crippen LogP contribution in [-0.4, -0.2) is 48.7 Å². The summed E-state index contributed by atoms with van der Waals surface area (Å²) in [4.78, 5) is 12.7. The number of para-hydroxylation sites is 1. The van der Waals surface area contributed by atoms with Crippen LogP contribution in [0.25, 0.3) is 0 Å². The maximum absolute atomic E-state index is 13.5. The van der Waals surface area contributed by atoms with Crippen LogP contribution in [0.2, 0.25) is 0 Å². The van der Waals surface area contributed by atoms with Crippen molar-refractivity contribution in [1.82, 2.24) is 5.32 Å². The van der Waals surface area contributed by atoms with Crippen LogP contribution in [0.15, 0.2) is 77.7 Å². The van der Waals surface area contributed by atoms with Gasteiger partial charge in [0.25, 0.3) is 10.0 Å². The molecule has 0 saturated heterocycles. The molecule has 0 aliphatic rings. The highest BCUT2D eigenvalue weighted by atomic mass is 32.2. The van der Waals surface area contributed by atoms with Crippen molar-refractivity contribution >= 4 is 21.6 Å². The summed E-state index contributed by atoms with van der Waals surface area (Å²) < 4.78 is 43.9. The van der Waals surface area contributed by atoms with E-state index in [0.717, 1.165) is 22.0 Å². The lowest BCUT2D eigenvalue weighted by Gasteiger charge is -2.24. The van der Waals surface area contributed by atoms with Crippen LogP contribution in [0.1, 0.15) is 12.0 Å². The van der Waals surface area contributed by atoms with Crippen LogP contribution in [0, 0.1) is 0 Å². The molecule has 1 amide bonds. The van der Waals surface area contributed by atoms with Gasteiger partial charge in [-0.1, -0.05) is 30.3 Å². The van der Waals surface area contributed by atoms with Crippen molar-refractivity contribution in [2.24, 2.45) is 0 Å². The Labute approximate surface area is 206 Å². The van der Waals surface area contributed by atoms with Gasteiger partial charge in [-0.15, -0.1) is 0 Å². The second-order valence-corrected chi connectivity index (χ2v) is 9.53. The number of nitrogens with zero attached hydrogens (tertiary/aromatic N) is 1. The number of carbonyl (C=O) groups excluding carboxylic acids is 1. The number of hydrogen-bond acceptors (Lipinski definition) is 6. The Morgan fingerprint density at radius 2 is 1.60 bits per heavy atom. The van der Waals surface area contributed by atoms with Crippen LogP contribution in [0.3, 0.4) is 0 Å². The molecule has 0 bridgehead atoms. The Morgan fingerprint density at radius 3 is 2.29 bits per heavy atom. The Bertz CT molecular complexity index is 1230. The summed E-state index contributed by atoms with van der Waals surface area (Å²) in [6, 6.07) is 20.6. The molecule has 0 aliphatic heterocycles. The lowest BCUT2D eigenvalue weighted by molar-refractivity contribution is -0.119. The molecule has 0 radical (unpaired) electrons. The predicted molar refractivity (Wildman–Crippen MR) is 135 cm³/mol. The molecule has 0 unspecified atom stereocenters. The maximum atomic E-state index is 13.5. The zero-order chi connectivity index (χ0) is 25.3. The van der Waals surface area contributed by atoms with Gasteiger partial charge in [0.15, 0.2) is 11.5 Å². The third-order valence-electron chi connectivity index (χ3n) is 5.37. The molecule has 8 nitrogen and oxygen atoms in total. The first-order valence-electron chi connectivity index (χ1n) is 11.1. The number of nitrogens with one attached hydrogen (secondary N) is 1. The number of rotatable bonds is 12. The number of methoxy groups -OCH3 is 3. The van der Waals surface area contributed by atoms with Gasteiger partial charge in [-0.3, -0.25) is 9.10 Å². The fraction of sp³-hybridized carbons (Fsp3) is 0.269. The number of benzene rings is 3. The monoisotopic (exact) mass is 498 g/mol. The summed E-state index contributed by atoms with van der Waals surface area (Å²) in [5.74, 6) is 1.07. The fourth-order valence-electron chi connectivity index (χ4n) is 3.55. The van der Waals surface area contributed by atoms with Gasteiger partial charge in [0, 0.05) is 12.6 Å². The number of sulfonamides is 1. The van der Waals surface area contributed by atoms with Crippen molar-refractivity contribution in [1.29, 1.82) is 0 Å². The quantitative estimate of drug-likeness (QED) is 0.383. The first kappa shape index (κ1) is 25.9. The van der Waals surface area contributed by atoms with E-state index in [-0.39, 0.29) is 17.2 Å². The highest BCUT2D eigenvalue weighted by molar-refractivity contribution is 7.92. The Hall–Kier alpha value is -3.72. The number of aryl methyl sites for hydroxylation is 1. The van der Waals surface area contributed by atoms with E-state index in [1.54, 1.807) is 37.4 Å². The van der Waals surface area contributed by atoms with Gasteiger partial charge in [0.05, 0.1) is 31.9 Å². The maximum Gasteiger partial charge on any atom is 0.264 e. The van der Waals surface area contributed by atoms with E-state index in [9.17, 15) is 13.2 Å². The molecular formula is C26H30N2O6S. The van der Waals surface area contributed by atoms with Crippen LogP contribution >= 0.6 is 0 Å². The molecule has 0 aliphatic carbocycles. The van der Waals surface area contributed by atoms with E-state index in [2.05, 4.69) is 5.32 Å². The molecule has 1 N–H and O–H groups in total. The molecule has 9 heteroatoms. The van der Waals surface area contributed by atoms with E-state index >= 15 is 0 Å². The number of hydrogen-bond donors (Lipinski definition) is 1. The zero-order valence-electron chi connectivity index (χ0n) is 20.1. The van der Waals surface area contributed by atoms with Crippen LogP contribution in [0.4, 0.5) is 5.69 Å². The molecule has 186 valence electrons. The van der Waals surface area contributed by atoms with Crippen molar-refractivity contribution in [3.05, 3.63) is 78.4 Å². The summed E-state index contributed by atoms with van der Waals surface area (Å²) in [5, 5.41) is 2.83. The first-order chi connectivity index (χ1) is 16.9. The highest BCUT2D eigenvalue weighted by Crippen LogP contribution is 2.32. The van der Waals surface area contributed by atoms with Crippen molar-refractivity contribution in [3.8, 4) is 17.2 Å². The molecule has 3 rings (SSSR count). The van der Waals surface area contributed by atoms with Crippen molar-refractivity contribution in [2.75, 3.05) is 38.7 Å². The molecule has 0 spiro atoms. The van der Waals surface area contributed by atoms with Gasteiger partial charge in [-0.05, 0) is 54.8 Å². The zero-order valence-corrected chi connectivity index (χ0v) is 20.9. The SMILES string of the molecule is COc1cccc(CCCNC(=O)CN(c2ccccc2)S(=O)(=O)c2ccc(OC)c(OC)c2)c1. The molecule has 0 saturated carbocycles. The molecule has 0 fully saturated rings. The number of carbonyl (C=O) groups is 1. The van der Waals surface area contributed by atoms with Gasteiger partial charge in [-0.2, -0.15) is 0 Å². The van der Waals surface area contributed by atoms with E-state index in [4.69, 9.17) is 14.2 Å². The van der Waals surface area contributed by atoms with E-state index in [1.165, 1.54) is 32.4 Å². The minimum absolute atomic E-state index is 0.00942. The van der Waals surface area contributed by atoms with Crippen LogP contribution in [-0.2, 0) is 21.2 Å². The lowest BCUT2D eigenvalue weighted by Crippen LogP contribution is -2.41. The van der Waals surface area contributed by atoms with Crippen molar-refractivity contribution in [3.63, 3.8) is 0 Å². The largest absolute Gasteiger partial charge is 0.497 e. The predicted octanol–water partition coefficient (Wildman–Crippen LogP) is 3.66. The summed E-state index contributed by atoms with van der Waals surface area (Å²) in [7, 11) is 0.460. The molecule has 0 aromatic heterocycles. The minimum Gasteiger partial charge on any atom is -0.497 e. The Morgan fingerprint density at radius 1 is 0.857 bits per heavy atom. The van der Waals surface area contributed by atoms with Crippen molar-refractivity contribution in [2.45, 2.75) is 17.7 Å². The summed E-state index contributed by atoms with van der Waals surface area (Å²) in [6.07, 6.45) is 1.45. The standard InChI is InChI=1S/C26H30N2O6S/c1-32-22-13-7-9-20(17-22)10-8-16-27-26(29)19-28(21-11-5-4-6-12-21)35(30,31)23-14-15-24(33-2)25(18-23)34-3/h4-7,9,11-15,17-18H,8,10,16,19H2,1-3H3,(H,27,29). The third-order valence-corrected chi connectivity index (χ3v) is 7.14. The molecule has 3 aromatic carbocycles. The average molecular weight is 499 g/mol. The Balaban J connectivity index is 1.72. The van der Waals surface area contributed by atoms with Crippen LogP contribution < -0.4 is 23.8 Å². The average Bonchev–Trinajstić information content (AvgIpc) is 2.89. The second kappa shape index (κ2) is 12.1. The molecular weight excluding hydrogens is 468 g/mol. The fourth-order valence-corrected chi connectivity index (χ4v) is 4.99. The first-order valence-corrected chi connectivity index (χ1v) is 12.5. The van der Waals surface area contributed by atoms with Crippen LogP contribution in [0.5, 0.6) is 17.2 Å². The number of anilines is 1. The minimum atomic E-state index is -4.06. The topological polar surface area (TPSA) is 94.2 Å². The molecule has 0 heterocycles. The van der Waals surface area contributed by atoms with E-state index < -0.39 is 15.9 Å². The Kier molecular flexibility index (Phi) is 8.97. The third kappa shape index (κ3) is 6.66. The highest BCUT2D eigenvalue weighted by Gasteiger charge is 2.28. The lowest BCUT2D eigenvalue weighted by atomic mass is 10.1. The smallest absolute Gasteiger partial charge is 0.264 e. The van der Waals surface area contributed by atoms with Gasteiger partial charge in [0.2, 0.25) is 5.91 Å². The van der Waals surface area contributed by atoms with Gasteiger partial charge in [-0.25, -0.2) is 8.42 Å². The van der Waals surface area contributed by atoms with E-state index in [0.29, 0.717) is 24.4 Å². The molecule has 0 atom stereocenters. The van der Waals surface area contributed by atoms with Gasteiger partial charge >= 0.3 is 0 Å². The van der Waals surface area contributed by atoms with Crippen molar-refractivity contribution < 1.29 is 27.4 Å². The second-order valence-electron chi connectivity index (χ2n) is 7.67. The van der Waals surface area contributed by atoms with Gasteiger partial charge in [0.1, 0.15) is 12.3 Å². The van der Waals surface area contributed by atoms with E-state index in [1.807, 2.05) is 24.3 Å². The summed E-state index contributed by atoms with van der Waals surface area (Å²) in [5.41, 5.74) is 1.48. The molecule has 35 heavy (non-hydrogen) atoms. The number of amides is 1.